The van der Waals surface area contributed by atoms with Gasteiger partial charge in [0.1, 0.15) is 11.6 Å². The number of amides is 1. The molecule has 0 radical (unpaired) electrons. The van der Waals surface area contributed by atoms with Crippen LogP contribution in [0.4, 0.5) is 10.1 Å². The van der Waals surface area contributed by atoms with Gasteiger partial charge in [0, 0.05) is 11.7 Å². The lowest BCUT2D eigenvalue weighted by Gasteiger charge is -2.15. The van der Waals surface area contributed by atoms with E-state index in [9.17, 15) is 17.6 Å². The molecule has 0 saturated heterocycles. The minimum absolute atomic E-state index is 0.0769. The summed E-state index contributed by atoms with van der Waals surface area (Å²) in [6.45, 7) is 1.45. The average Bonchev–Trinajstić information content (AvgIpc) is 2.75. The summed E-state index contributed by atoms with van der Waals surface area (Å²) in [6.07, 6.45) is 0. The van der Waals surface area contributed by atoms with Gasteiger partial charge in [0.25, 0.3) is 5.91 Å². The fourth-order valence-corrected chi connectivity index (χ4v) is 4.16. The lowest BCUT2D eigenvalue weighted by atomic mass is 10.1. The van der Waals surface area contributed by atoms with Crippen LogP contribution < -0.4 is 14.8 Å². The lowest BCUT2D eigenvalue weighted by molar-refractivity contribution is -0.118. The van der Waals surface area contributed by atoms with E-state index in [0.717, 1.165) is 11.6 Å². The van der Waals surface area contributed by atoms with Gasteiger partial charge in [-0.1, -0.05) is 41.9 Å². The Hall–Kier alpha value is -2.94. The molecule has 3 rings (SSSR count). The van der Waals surface area contributed by atoms with Crippen LogP contribution in [0.1, 0.15) is 18.5 Å². The zero-order chi connectivity index (χ0) is 22.4. The molecule has 162 valence electrons. The summed E-state index contributed by atoms with van der Waals surface area (Å²) in [7, 11) is -3.73. The van der Waals surface area contributed by atoms with Gasteiger partial charge in [0.2, 0.25) is 10.0 Å². The van der Waals surface area contributed by atoms with Crippen molar-refractivity contribution in [1.82, 2.24) is 4.72 Å². The highest BCUT2D eigenvalue weighted by atomic mass is 35.5. The second kappa shape index (κ2) is 9.91. The van der Waals surface area contributed by atoms with Crippen LogP contribution in [-0.4, -0.2) is 20.9 Å². The summed E-state index contributed by atoms with van der Waals surface area (Å²) in [5.74, 6) is -0.737. The maximum atomic E-state index is 13.2. The Kier molecular flexibility index (Phi) is 7.27. The molecule has 0 aliphatic heterocycles. The maximum Gasteiger partial charge on any atom is 0.262 e. The standard InChI is InChI=1S/C22H20ClFN2O4S/c1-15(16-5-3-2-4-6-16)26-31(28,29)19-10-8-18(9-11-19)30-14-22(27)25-17-7-12-21(24)20(23)13-17/h2-13,15,26H,14H2,1H3,(H,25,27)/t15-/m0/s1. The number of ether oxygens (including phenoxy) is 1. The number of sulfonamides is 1. The van der Waals surface area contributed by atoms with E-state index in [1.54, 1.807) is 6.92 Å². The normalized spacial score (nSPS) is 12.2. The molecule has 0 aliphatic rings. The first kappa shape index (κ1) is 22.7. The minimum atomic E-state index is -3.73. The summed E-state index contributed by atoms with van der Waals surface area (Å²) in [5.41, 5.74) is 1.18. The SMILES string of the molecule is C[C@H](NS(=O)(=O)c1ccc(OCC(=O)Nc2ccc(F)c(Cl)c2)cc1)c1ccccc1. The minimum Gasteiger partial charge on any atom is -0.484 e. The van der Waals surface area contributed by atoms with E-state index in [1.807, 2.05) is 30.3 Å². The third kappa shape index (κ3) is 6.27. The molecular formula is C22H20ClFN2O4S. The highest BCUT2D eigenvalue weighted by Gasteiger charge is 2.18. The molecule has 0 aliphatic carbocycles. The van der Waals surface area contributed by atoms with Crippen molar-refractivity contribution < 1.29 is 22.3 Å². The number of rotatable bonds is 8. The first-order valence-corrected chi connectivity index (χ1v) is 11.2. The summed E-state index contributed by atoms with van der Waals surface area (Å²) in [4.78, 5) is 12.1. The molecule has 0 unspecified atom stereocenters. The third-order valence-corrected chi connectivity index (χ3v) is 6.19. The highest BCUT2D eigenvalue weighted by molar-refractivity contribution is 7.89. The van der Waals surface area contributed by atoms with Gasteiger partial charge in [0.15, 0.2) is 6.61 Å². The average molecular weight is 463 g/mol. The molecule has 2 N–H and O–H groups in total. The van der Waals surface area contributed by atoms with Gasteiger partial charge in [-0.25, -0.2) is 17.5 Å². The van der Waals surface area contributed by atoms with Crippen molar-refractivity contribution in [3.8, 4) is 5.75 Å². The second-order valence-corrected chi connectivity index (χ2v) is 8.81. The molecule has 3 aromatic rings. The number of carbonyl (C=O) groups excluding carboxylic acids is 1. The highest BCUT2D eigenvalue weighted by Crippen LogP contribution is 2.21. The van der Waals surface area contributed by atoms with E-state index < -0.39 is 27.8 Å². The van der Waals surface area contributed by atoms with E-state index in [0.29, 0.717) is 11.4 Å². The van der Waals surface area contributed by atoms with Crippen LogP contribution in [0.15, 0.2) is 77.7 Å². The van der Waals surface area contributed by atoms with Crippen LogP contribution in [0.25, 0.3) is 0 Å². The van der Waals surface area contributed by atoms with Crippen LogP contribution in [0.5, 0.6) is 5.75 Å². The largest absolute Gasteiger partial charge is 0.484 e. The number of hydrogen-bond donors (Lipinski definition) is 2. The summed E-state index contributed by atoms with van der Waals surface area (Å²) >= 11 is 5.68. The topological polar surface area (TPSA) is 84.5 Å². The Labute approximate surface area is 185 Å². The molecule has 0 aromatic heterocycles. The van der Waals surface area contributed by atoms with Crippen LogP contribution in [0.2, 0.25) is 5.02 Å². The fraction of sp³-hybridized carbons (Fsp3) is 0.136. The van der Waals surface area contributed by atoms with Crippen molar-refractivity contribution in [2.24, 2.45) is 0 Å². The lowest BCUT2D eigenvalue weighted by Crippen LogP contribution is -2.26. The summed E-state index contributed by atoms with van der Waals surface area (Å²) in [5, 5.41) is 2.43. The van der Waals surface area contributed by atoms with Crippen molar-refractivity contribution in [2.75, 3.05) is 11.9 Å². The summed E-state index contributed by atoms with van der Waals surface area (Å²) in [6, 6.07) is 18.4. The molecule has 0 spiro atoms. The zero-order valence-electron chi connectivity index (χ0n) is 16.5. The molecule has 9 heteroatoms. The Balaban J connectivity index is 1.56. The monoisotopic (exact) mass is 462 g/mol. The van der Waals surface area contributed by atoms with Crippen LogP contribution in [-0.2, 0) is 14.8 Å². The smallest absolute Gasteiger partial charge is 0.262 e. The Morgan fingerprint density at radius 2 is 1.74 bits per heavy atom. The molecule has 0 fully saturated rings. The third-order valence-electron chi connectivity index (χ3n) is 4.34. The Morgan fingerprint density at radius 3 is 2.39 bits per heavy atom. The molecule has 1 atom stereocenters. The summed E-state index contributed by atoms with van der Waals surface area (Å²) < 4.78 is 46.4. The van der Waals surface area contributed by atoms with Gasteiger partial charge >= 0.3 is 0 Å². The van der Waals surface area contributed by atoms with E-state index in [1.165, 1.54) is 36.4 Å². The molecule has 1 amide bonds. The van der Waals surface area contributed by atoms with E-state index >= 15 is 0 Å². The van der Waals surface area contributed by atoms with Crippen molar-refractivity contribution >= 4 is 33.2 Å². The van der Waals surface area contributed by atoms with E-state index in [-0.39, 0.29) is 16.5 Å². The van der Waals surface area contributed by atoms with Crippen LogP contribution in [0.3, 0.4) is 0 Å². The molecular weight excluding hydrogens is 443 g/mol. The number of benzene rings is 3. The quantitative estimate of drug-likeness (QED) is 0.515. The first-order valence-electron chi connectivity index (χ1n) is 9.29. The number of anilines is 1. The van der Waals surface area contributed by atoms with Crippen molar-refractivity contribution in [3.05, 3.63) is 89.2 Å². The molecule has 0 bridgehead atoms. The second-order valence-electron chi connectivity index (χ2n) is 6.69. The van der Waals surface area contributed by atoms with Gasteiger partial charge in [-0.3, -0.25) is 4.79 Å². The van der Waals surface area contributed by atoms with Crippen LogP contribution in [0, 0.1) is 5.82 Å². The van der Waals surface area contributed by atoms with Gasteiger partial charge in [-0.05, 0) is 55.0 Å². The molecule has 31 heavy (non-hydrogen) atoms. The van der Waals surface area contributed by atoms with Crippen molar-refractivity contribution in [1.29, 1.82) is 0 Å². The predicted octanol–water partition coefficient (Wildman–Crippen LogP) is 4.54. The first-order chi connectivity index (χ1) is 14.7. The number of nitrogens with one attached hydrogen (secondary N) is 2. The number of carbonyl (C=O) groups is 1. The van der Waals surface area contributed by atoms with Crippen molar-refractivity contribution in [2.45, 2.75) is 17.9 Å². The van der Waals surface area contributed by atoms with E-state index in [4.69, 9.17) is 16.3 Å². The Bertz CT molecular complexity index is 1160. The molecule has 0 saturated carbocycles. The fourth-order valence-electron chi connectivity index (χ4n) is 2.75. The maximum absolute atomic E-state index is 13.2. The molecule has 6 nitrogen and oxygen atoms in total. The van der Waals surface area contributed by atoms with Gasteiger partial charge in [-0.15, -0.1) is 0 Å². The predicted molar refractivity (Wildman–Crippen MR) is 117 cm³/mol. The number of halogens is 2. The van der Waals surface area contributed by atoms with Gasteiger partial charge in [0.05, 0.1) is 9.92 Å². The molecule has 3 aromatic carbocycles. The molecule has 0 heterocycles. The zero-order valence-corrected chi connectivity index (χ0v) is 18.1. The van der Waals surface area contributed by atoms with Gasteiger partial charge in [-0.2, -0.15) is 0 Å². The van der Waals surface area contributed by atoms with Crippen LogP contribution >= 0.6 is 11.6 Å². The number of hydrogen-bond acceptors (Lipinski definition) is 4. The Morgan fingerprint density at radius 1 is 1.06 bits per heavy atom. The van der Waals surface area contributed by atoms with E-state index in [2.05, 4.69) is 10.0 Å². The van der Waals surface area contributed by atoms with Crippen molar-refractivity contribution in [3.63, 3.8) is 0 Å². The van der Waals surface area contributed by atoms with Gasteiger partial charge < -0.3 is 10.1 Å².